The average molecular weight is 335 g/mol. The third kappa shape index (κ3) is 3.14. The number of hydrogen-bond donors (Lipinski definition) is 1. The van der Waals surface area contributed by atoms with E-state index in [-0.39, 0.29) is 11.4 Å². The molecule has 124 valence electrons. The minimum Gasteiger partial charge on any atom is -0.441 e. The molecule has 0 aliphatic carbocycles. The molecule has 0 unspecified atom stereocenters. The molecule has 0 spiro atoms. The van der Waals surface area contributed by atoms with Gasteiger partial charge in [-0.3, -0.25) is 4.79 Å². The van der Waals surface area contributed by atoms with Gasteiger partial charge >= 0.3 is 0 Å². The van der Waals surface area contributed by atoms with Crippen LogP contribution in [0, 0.1) is 5.82 Å². The van der Waals surface area contributed by atoms with Crippen molar-refractivity contribution in [2.45, 2.75) is 0 Å². The van der Waals surface area contributed by atoms with E-state index < -0.39 is 0 Å². The number of nitrogens with one attached hydrogen (secondary N) is 1. The van der Waals surface area contributed by atoms with Crippen LogP contribution >= 0.6 is 0 Å². The molecule has 0 amide bonds. The minimum atomic E-state index is -0.326. The Morgan fingerprint density at radius 2 is 1.88 bits per heavy atom. The second-order valence-corrected chi connectivity index (χ2v) is 5.55. The molecule has 1 aromatic heterocycles. The Balaban J connectivity index is 1.71. The smallest absolute Gasteiger partial charge is 0.249 e. The molecule has 25 heavy (non-hydrogen) atoms. The van der Waals surface area contributed by atoms with Crippen LogP contribution in [0.2, 0.25) is 0 Å². The summed E-state index contributed by atoms with van der Waals surface area (Å²) in [4.78, 5) is 20.8. The summed E-state index contributed by atoms with van der Waals surface area (Å²) in [6.07, 6.45) is 1.60. The summed E-state index contributed by atoms with van der Waals surface area (Å²) >= 11 is 0. The van der Waals surface area contributed by atoms with E-state index in [0.717, 1.165) is 17.1 Å². The highest BCUT2D eigenvalue weighted by Crippen LogP contribution is 2.36. The first kappa shape index (κ1) is 15.1. The highest BCUT2D eigenvalue weighted by molar-refractivity contribution is 5.94. The largest absolute Gasteiger partial charge is 0.441 e. The molecule has 0 bridgehead atoms. The first-order chi connectivity index (χ1) is 12.2. The Kier molecular flexibility index (Phi) is 3.78. The molecule has 1 N–H and O–H groups in total. The quantitative estimate of drug-likeness (QED) is 0.775. The zero-order valence-corrected chi connectivity index (χ0v) is 13.1. The lowest BCUT2D eigenvalue weighted by Crippen LogP contribution is -2.32. The molecule has 1 aliphatic heterocycles. The van der Waals surface area contributed by atoms with E-state index in [1.165, 1.54) is 18.2 Å². The van der Waals surface area contributed by atoms with Gasteiger partial charge in [0.05, 0.1) is 17.9 Å². The lowest BCUT2D eigenvalue weighted by Gasteiger charge is -2.29. The number of pyridine rings is 1. The highest BCUT2D eigenvalue weighted by atomic mass is 19.1. The Morgan fingerprint density at radius 1 is 1.08 bits per heavy atom. The monoisotopic (exact) mass is 335 g/mol. The zero-order valence-electron chi connectivity index (χ0n) is 13.1. The topological polar surface area (TPSA) is 57.7 Å². The van der Waals surface area contributed by atoms with Crippen molar-refractivity contribution in [3.05, 3.63) is 83.0 Å². The van der Waals surface area contributed by atoms with Crippen molar-refractivity contribution in [2.75, 3.05) is 11.4 Å². The van der Waals surface area contributed by atoms with Gasteiger partial charge in [-0.15, -0.1) is 0 Å². The number of hydrogen-bond acceptors (Lipinski definition) is 4. The number of rotatable bonds is 2. The van der Waals surface area contributed by atoms with Gasteiger partial charge in [0.2, 0.25) is 11.5 Å². The van der Waals surface area contributed by atoms with E-state index in [1.807, 2.05) is 35.2 Å². The number of nitrogens with zero attached hydrogens (tertiary/aromatic N) is 2. The molecular formula is C19H14FN3O2. The van der Waals surface area contributed by atoms with Gasteiger partial charge in [-0.05, 0) is 42.5 Å². The minimum absolute atomic E-state index is 0.182. The van der Waals surface area contributed by atoms with Crippen LogP contribution in [0.5, 0.6) is 5.75 Å². The molecule has 1 aliphatic rings. The fraction of sp³-hybridized carbons (Fsp3) is 0.0526. The number of aliphatic imine (C=N–C) groups is 1. The van der Waals surface area contributed by atoms with Crippen molar-refractivity contribution in [3.63, 3.8) is 0 Å². The van der Waals surface area contributed by atoms with Crippen molar-refractivity contribution >= 4 is 23.0 Å². The van der Waals surface area contributed by atoms with Crippen LogP contribution in [0.4, 0.5) is 21.5 Å². The van der Waals surface area contributed by atoms with E-state index >= 15 is 0 Å². The first-order valence-corrected chi connectivity index (χ1v) is 7.75. The summed E-state index contributed by atoms with van der Waals surface area (Å²) in [6, 6.07) is 16.7. The Morgan fingerprint density at radius 3 is 2.68 bits per heavy atom. The number of H-pyrrole nitrogens is 1. The van der Waals surface area contributed by atoms with E-state index in [4.69, 9.17) is 4.74 Å². The van der Waals surface area contributed by atoms with Crippen molar-refractivity contribution in [1.29, 1.82) is 0 Å². The Bertz CT molecular complexity index is 996. The van der Waals surface area contributed by atoms with Gasteiger partial charge in [0.1, 0.15) is 11.6 Å². The van der Waals surface area contributed by atoms with E-state index in [0.29, 0.717) is 18.2 Å². The lowest BCUT2D eigenvalue weighted by molar-refractivity contribution is 0.534. The molecule has 2 aromatic carbocycles. The SMILES string of the molecule is O=c1cc(N2CC(Oc3ccc(F)cc3)=Nc3ccccc32)cc[nH]1. The van der Waals surface area contributed by atoms with Crippen LogP contribution in [-0.4, -0.2) is 17.4 Å². The zero-order chi connectivity index (χ0) is 17.2. The number of halogens is 1. The number of para-hydroxylation sites is 2. The van der Waals surface area contributed by atoms with Crippen LogP contribution < -0.4 is 15.2 Å². The van der Waals surface area contributed by atoms with Crippen LogP contribution in [0.25, 0.3) is 0 Å². The van der Waals surface area contributed by atoms with E-state index in [2.05, 4.69) is 9.98 Å². The molecule has 5 nitrogen and oxygen atoms in total. The standard InChI is InChI=1S/C19H14FN3O2/c20-13-5-7-15(8-6-13)25-19-12-23(14-9-10-21-18(24)11-14)17-4-2-1-3-16(17)22-19/h1-11H,12H2,(H,21,24). The Labute approximate surface area is 143 Å². The van der Waals surface area contributed by atoms with Gasteiger partial charge in [-0.1, -0.05) is 12.1 Å². The molecule has 0 saturated carbocycles. The fourth-order valence-corrected chi connectivity index (χ4v) is 2.70. The Hall–Kier alpha value is -3.41. The predicted molar refractivity (Wildman–Crippen MR) is 94.6 cm³/mol. The summed E-state index contributed by atoms with van der Waals surface area (Å²) in [5.74, 6) is 0.643. The van der Waals surface area contributed by atoms with Crippen LogP contribution in [-0.2, 0) is 0 Å². The van der Waals surface area contributed by atoms with Crippen molar-refractivity contribution in [2.24, 2.45) is 4.99 Å². The maximum absolute atomic E-state index is 13.1. The van der Waals surface area contributed by atoms with Gasteiger partial charge in [0.25, 0.3) is 0 Å². The van der Waals surface area contributed by atoms with Crippen LogP contribution in [0.3, 0.4) is 0 Å². The molecule has 3 aromatic rings. The fourth-order valence-electron chi connectivity index (χ4n) is 2.70. The highest BCUT2D eigenvalue weighted by Gasteiger charge is 2.22. The third-order valence-corrected chi connectivity index (χ3v) is 3.83. The summed E-state index contributed by atoms with van der Waals surface area (Å²) in [6.45, 7) is 0.359. The van der Waals surface area contributed by atoms with Gasteiger partial charge in [0, 0.05) is 18.0 Å². The number of anilines is 2. The number of aromatic amines is 1. The predicted octanol–water partition coefficient (Wildman–Crippen LogP) is 3.77. The third-order valence-electron chi connectivity index (χ3n) is 3.83. The van der Waals surface area contributed by atoms with Gasteiger partial charge in [0.15, 0.2) is 0 Å². The summed E-state index contributed by atoms with van der Waals surface area (Å²) in [5, 5.41) is 0. The second-order valence-electron chi connectivity index (χ2n) is 5.55. The number of aromatic nitrogens is 1. The normalized spacial score (nSPS) is 13.2. The van der Waals surface area contributed by atoms with E-state index in [1.54, 1.807) is 18.3 Å². The molecular weight excluding hydrogens is 321 g/mol. The maximum Gasteiger partial charge on any atom is 0.249 e. The average Bonchev–Trinajstić information content (AvgIpc) is 2.63. The molecule has 0 saturated heterocycles. The van der Waals surface area contributed by atoms with Crippen molar-refractivity contribution in [3.8, 4) is 5.75 Å². The van der Waals surface area contributed by atoms with Gasteiger partial charge < -0.3 is 14.6 Å². The molecule has 6 heteroatoms. The number of fused-ring (bicyclic) bond motifs is 1. The number of ether oxygens (including phenoxy) is 1. The summed E-state index contributed by atoms with van der Waals surface area (Å²) in [5.41, 5.74) is 2.19. The van der Waals surface area contributed by atoms with Crippen LogP contribution in [0.1, 0.15) is 0 Å². The first-order valence-electron chi connectivity index (χ1n) is 7.75. The number of benzene rings is 2. The van der Waals surface area contributed by atoms with Gasteiger partial charge in [-0.2, -0.15) is 0 Å². The summed E-state index contributed by atoms with van der Waals surface area (Å²) in [7, 11) is 0. The van der Waals surface area contributed by atoms with Crippen LogP contribution in [0.15, 0.2) is 76.6 Å². The van der Waals surface area contributed by atoms with Crippen molar-refractivity contribution < 1.29 is 9.13 Å². The molecule has 4 rings (SSSR count). The van der Waals surface area contributed by atoms with Crippen molar-refractivity contribution in [1.82, 2.24) is 4.98 Å². The molecule has 0 fully saturated rings. The molecule has 0 atom stereocenters. The molecule has 0 radical (unpaired) electrons. The lowest BCUT2D eigenvalue weighted by atomic mass is 10.2. The molecule has 2 heterocycles. The van der Waals surface area contributed by atoms with E-state index in [9.17, 15) is 9.18 Å². The second kappa shape index (κ2) is 6.24. The maximum atomic E-state index is 13.1. The summed E-state index contributed by atoms with van der Waals surface area (Å²) < 4.78 is 18.9. The van der Waals surface area contributed by atoms with Gasteiger partial charge in [-0.25, -0.2) is 9.38 Å².